The van der Waals surface area contributed by atoms with Crippen LogP contribution in [0.3, 0.4) is 0 Å². The summed E-state index contributed by atoms with van der Waals surface area (Å²) >= 11 is 0. The van der Waals surface area contributed by atoms with Crippen molar-refractivity contribution in [3.63, 3.8) is 0 Å². The SMILES string of the molecule is COC(=O)CCN1CCN(S(=O)(=O)c2cnc(C)[nH]2)CC1. The highest BCUT2D eigenvalue weighted by molar-refractivity contribution is 7.89. The summed E-state index contributed by atoms with van der Waals surface area (Å²) in [5.74, 6) is 0.322. The summed E-state index contributed by atoms with van der Waals surface area (Å²) in [6.07, 6.45) is 1.66. The number of aryl methyl sites for hydroxylation is 1. The molecule has 0 unspecified atom stereocenters. The Morgan fingerprint density at radius 1 is 1.38 bits per heavy atom. The molecule has 21 heavy (non-hydrogen) atoms. The van der Waals surface area contributed by atoms with E-state index in [0.717, 1.165) is 0 Å². The molecule has 1 aliphatic heterocycles. The molecule has 2 heterocycles. The van der Waals surface area contributed by atoms with Crippen LogP contribution >= 0.6 is 0 Å². The molecule has 118 valence electrons. The number of methoxy groups -OCH3 is 1. The van der Waals surface area contributed by atoms with Gasteiger partial charge in [-0.1, -0.05) is 0 Å². The zero-order valence-corrected chi connectivity index (χ0v) is 13.0. The summed E-state index contributed by atoms with van der Waals surface area (Å²) in [6, 6.07) is 0. The highest BCUT2D eigenvalue weighted by Gasteiger charge is 2.29. The fourth-order valence-corrected chi connectivity index (χ4v) is 3.60. The van der Waals surface area contributed by atoms with Gasteiger partial charge in [-0.15, -0.1) is 0 Å². The van der Waals surface area contributed by atoms with Gasteiger partial charge in [0.25, 0.3) is 10.0 Å². The van der Waals surface area contributed by atoms with Gasteiger partial charge < -0.3 is 14.6 Å². The Balaban J connectivity index is 1.90. The van der Waals surface area contributed by atoms with E-state index in [-0.39, 0.29) is 11.0 Å². The van der Waals surface area contributed by atoms with E-state index in [1.807, 2.05) is 0 Å². The molecule has 0 aliphatic carbocycles. The monoisotopic (exact) mass is 316 g/mol. The first-order valence-corrected chi connectivity index (χ1v) is 8.18. The van der Waals surface area contributed by atoms with Crippen LogP contribution in [0.4, 0.5) is 0 Å². The molecular weight excluding hydrogens is 296 g/mol. The number of H-pyrrole nitrogens is 1. The van der Waals surface area contributed by atoms with E-state index in [9.17, 15) is 13.2 Å². The number of rotatable bonds is 5. The Morgan fingerprint density at radius 3 is 2.57 bits per heavy atom. The normalized spacial score (nSPS) is 17.8. The largest absolute Gasteiger partial charge is 0.469 e. The maximum absolute atomic E-state index is 12.4. The molecule has 0 spiro atoms. The molecule has 1 aromatic heterocycles. The van der Waals surface area contributed by atoms with Crippen molar-refractivity contribution < 1.29 is 17.9 Å². The molecule has 1 fully saturated rings. The quantitative estimate of drug-likeness (QED) is 0.742. The Bertz CT molecular complexity index is 590. The van der Waals surface area contributed by atoms with Gasteiger partial charge in [0.1, 0.15) is 5.82 Å². The first-order chi connectivity index (χ1) is 9.93. The molecule has 0 saturated carbocycles. The number of esters is 1. The smallest absolute Gasteiger partial charge is 0.306 e. The number of piperazine rings is 1. The number of nitrogens with zero attached hydrogens (tertiary/aromatic N) is 3. The minimum Gasteiger partial charge on any atom is -0.469 e. The summed E-state index contributed by atoms with van der Waals surface area (Å²) in [5.41, 5.74) is 0. The Kier molecular flexibility index (Phi) is 4.96. The number of ether oxygens (including phenoxy) is 1. The van der Waals surface area contributed by atoms with Crippen molar-refractivity contribution in [1.82, 2.24) is 19.2 Å². The first kappa shape index (κ1) is 15.9. The summed E-state index contributed by atoms with van der Waals surface area (Å²) in [6.45, 7) is 4.31. The molecule has 1 saturated heterocycles. The van der Waals surface area contributed by atoms with E-state index in [2.05, 4.69) is 19.6 Å². The van der Waals surface area contributed by atoms with Gasteiger partial charge in [-0.25, -0.2) is 13.4 Å². The van der Waals surface area contributed by atoms with Crippen LogP contribution in [0.25, 0.3) is 0 Å². The molecule has 1 aromatic rings. The molecule has 1 N–H and O–H groups in total. The van der Waals surface area contributed by atoms with Crippen molar-refractivity contribution in [2.45, 2.75) is 18.4 Å². The van der Waals surface area contributed by atoms with E-state index < -0.39 is 10.0 Å². The van der Waals surface area contributed by atoms with Crippen LogP contribution in [0.2, 0.25) is 0 Å². The number of nitrogens with one attached hydrogen (secondary N) is 1. The van der Waals surface area contributed by atoms with Gasteiger partial charge in [0, 0.05) is 32.7 Å². The fraction of sp³-hybridized carbons (Fsp3) is 0.667. The van der Waals surface area contributed by atoms with Gasteiger partial charge in [0.2, 0.25) is 0 Å². The van der Waals surface area contributed by atoms with Crippen LogP contribution in [0.15, 0.2) is 11.2 Å². The molecule has 0 bridgehead atoms. The van der Waals surface area contributed by atoms with Crippen LogP contribution in [0, 0.1) is 6.92 Å². The third kappa shape index (κ3) is 3.80. The molecule has 8 nitrogen and oxygen atoms in total. The Labute approximate surface area is 124 Å². The average molecular weight is 316 g/mol. The van der Waals surface area contributed by atoms with Crippen LogP contribution in [0.5, 0.6) is 0 Å². The number of aromatic nitrogens is 2. The summed E-state index contributed by atoms with van der Waals surface area (Å²) in [4.78, 5) is 19.8. The van der Waals surface area contributed by atoms with Crippen molar-refractivity contribution in [2.75, 3.05) is 39.8 Å². The van der Waals surface area contributed by atoms with Crippen molar-refractivity contribution >= 4 is 16.0 Å². The zero-order chi connectivity index (χ0) is 15.5. The second kappa shape index (κ2) is 6.54. The third-order valence-corrected chi connectivity index (χ3v) is 5.30. The number of hydrogen-bond acceptors (Lipinski definition) is 6. The maximum Gasteiger partial charge on any atom is 0.306 e. The molecule has 0 amide bonds. The Morgan fingerprint density at radius 2 is 2.05 bits per heavy atom. The zero-order valence-electron chi connectivity index (χ0n) is 12.2. The minimum absolute atomic E-state index is 0.128. The topological polar surface area (TPSA) is 95.6 Å². The van der Waals surface area contributed by atoms with E-state index >= 15 is 0 Å². The number of aromatic amines is 1. The molecule has 0 radical (unpaired) electrons. The van der Waals surface area contributed by atoms with Crippen molar-refractivity contribution in [3.05, 3.63) is 12.0 Å². The molecule has 0 aromatic carbocycles. The molecule has 2 rings (SSSR count). The lowest BCUT2D eigenvalue weighted by molar-refractivity contribution is -0.141. The van der Waals surface area contributed by atoms with Gasteiger partial charge in [0.05, 0.1) is 19.7 Å². The fourth-order valence-electron chi connectivity index (χ4n) is 2.21. The molecule has 9 heteroatoms. The highest BCUT2D eigenvalue weighted by Crippen LogP contribution is 2.15. The van der Waals surface area contributed by atoms with Crippen LogP contribution in [-0.2, 0) is 19.6 Å². The van der Waals surface area contributed by atoms with Gasteiger partial charge in [-0.05, 0) is 6.92 Å². The molecular formula is C12H20N4O4S. The van der Waals surface area contributed by atoms with Crippen LogP contribution in [-0.4, -0.2) is 73.4 Å². The van der Waals surface area contributed by atoms with Gasteiger partial charge in [-0.3, -0.25) is 4.79 Å². The van der Waals surface area contributed by atoms with Gasteiger partial charge in [0.15, 0.2) is 5.03 Å². The predicted molar refractivity (Wildman–Crippen MR) is 75.2 cm³/mol. The first-order valence-electron chi connectivity index (χ1n) is 6.74. The predicted octanol–water partition coefficient (Wildman–Crippen LogP) is -0.412. The Hall–Kier alpha value is -1.45. The van der Waals surface area contributed by atoms with Crippen molar-refractivity contribution in [1.29, 1.82) is 0 Å². The number of carbonyl (C=O) groups excluding carboxylic acids is 1. The number of sulfonamides is 1. The lowest BCUT2D eigenvalue weighted by Crippen LogP contribution is -2.49. The minimum atomic E-state index is -3.50. The number of carbonyl (C=O) groups is 1. The second-order valence-corrected chi connectivity index (χ2v) is 6.81. The van der Waals surface area contributed by atoms with Crippen LogP contribution in [0.1, 0.15) is 12.2 Å². The summed E-state index contributed by atoms with van der Waals surface area (Å²) in [5, 5.41) is 0.128. The van der Waals surface area contributed by atoms with Crippen molar-refractivity contribution in [2.24, 2.45) is 0 Å². The van der Waals surface area contributed by atoms with Gasteiger partial charge >= 0.3 is 5.97 Å². The van der Waals surface area contributed by atoms with E-state index in [1.165, 1.54) is 17.6 Å². The second-order valence-electron chi connectivity index (χ2n) is 4.90. The summed E-state index contributed by atoms with van der Waals surface area (Å²) in [7, 11) is -2.14. The standard InChI is InChI=1S/C12H20N4O4S/c1-10-13-9-11(14-10)21(18,19)16-7-5-15(6-8-16)4-3-12(17)20-2/h9H,3-8H2,1-2H3,(H,13,14). The van der Waals surface area contributed by atoms with Crippen molar-refractivity contribution in [3.8, 4) is 0 Å². The molecule has 0 atom stereocenters. The average Bonchev–Trinajstić information content (AvgIpc) is 2.92. The van der Waals surface area contributed by atoms with E-state index in [0.29, 0.717) is 45.0 Å². The van der Waals surface area contributed by atoms with Crippen LogP contribution < -0.4 is 0 Å². The highest BCUT2D eigenvalue weighted by atomic mass is 32.2. The van der Waals surface area contributed by atoms with E-state index in [4.69, 9.17) is 0 Å². The van der Waals surface area contributed by atoms with E-state index in [1.54, 1.807) is 6.92 Å². The third-order valence-electron chi connectivity index (χ3n) is 3.49. The number of hydrogen-bond donors (Lipinski definition) is 1. The lowest BCUT2D eigenvalue weighted by Gasteiger charge is -2.33. The molecule has 1 aliphatic rings. The van der Waals surface area contributed by atoms with Gasteiger partial charge in [-0.2, -0.15) is 4.31 Å². The summed E-state index contributed by atoms with van der Waals surface area (Å²) < 4.78 is 30.8. The number of imidazole rings is 1. The maximum atomic E-state index is 12.4. The lowest BCUT2D eigenvalue weighted by atomic mass is 10.3.